The quantitative estimate of drug-likeness (QED) is 0.658. The van der Waals surface area contributed by atoms with Gasteiger partial charge in [-0.3, -0.25) is 10.3 Å². The van der Waals surface area contributed by atoms with E-state index in [1.54, 1.807) is 0 Å². The highest BCUT2D eigenvalue weighted by Crippen LogP contribution is 2.22. The lowest BCUT2D eigenvalue weighted by Gasteiger charge is -2.09. The molecule has 0 saturated heterocycles. The van der Waals surface area contributed by atoms with Crippen LogP contribution in [0.15, 0.2) is 23.2 Å². The fraction of sp³-hybridized carbons (Fsp3) is 0.357. The van der Waals surface area contributed by atoms with Gasteiger partial charge in [-0.05, 0) is 32.9 Å². The Morgan fingerprint density at radius 1 is 1.35 bits per heavy atom. The van der Waals surface area contributed by atoms with E-state index < -0.39 is 0 Å². The second-order valence-corrected chi connectivity index (χ2v) is 4.23. The summed E-state index contributed by atoms with van der Waals surface area (Å²) in [6.45, 7) is 7.03. The molecule has 106 valence electrons. The molecule has 0 radical (unpaired) electrons. The Balaban J connectivity index is 2.40. The Morgan fingerprint density at radius 2 is 2.15 bits per heavy atom. The number of hydrogen-bond donors (Lipinski definition) is 2. The predicted molar refractivity (Wildman–Crippen MR) is 81.2 cm³/mol. The number of nitrogens with two attached hydrogens (primary N) is 1. The lowest BCUT2D eigenvalue weighted by atomic mass is 10.2. The monoisotopic (exact) mass is 273 g/mol. The van der Waals surface area contributed by atoms with E-state index in [1.807, 2.05) is 39.0 Å². The Hall–Kier alpha value is -2.37. The first-order valence-electron chi connectivity index (χ1n) is 6.62. The number of ether oxygens (including phenoxy) is 1. The van der Waals surface area contributed by atoms with Gasteiger partial charge in [0, 0.05) is 18.0 Å². The van der Waals surface area contributed by atoms with Crippen LogP contribution in [0, 0.1) is 6.92 Å². The second-order valence-electron chi connectivity index (χ2n) is 4.23. The molecule has 20 heavy (non-hydrogen) atoms. The van der Waals surface area contributed by atoms with Crippen LogP contribution in [0.3, 0.4) is 0 Å². The van der Waals surface area contributed by atoms with Gasteiger partial charge in [0.1, 0.15) is 5.75 Å². The molecule has 2 aromatic rings. The van der Waals surface area contributed by atoms with E-state index in [0.29, 0.717) is 25.1 Å². The van der Waals surface area contributed by atoms with Gasteiger partial charge in [0.2, 0.25) is 5.95 Å². The molecule has 0 aliphatic rings. The predicted octanol–water partition coefficient (Wildman–Crippen LogP) is 2.08. The molecule has 0 amide bonds. The van der Waals surface area contributed by atoms with Crippen molar-refractivity contribution in [2.75, 3.05) is 18.5 Å². The van der Waals surface area contributed by atoms with Crippen LogP contribution in [-0.2, 0) is 0 Å². The highest BCUT2D eigenvalue weighted by molar-refractivity contribution is 5.92. The average Bonchev–Trinajstić information content (AvgIpc) is 2.39. The summed E-state index contributed by atoms with van der Waals surface area (Å²) in [5.41, 5.74) is 7.42. The minimum atomic E-state index is 0.312. The van der Waals surface area contributed by atoms with Crippen molar-refractivity contribution in [3.05, 3.63) is 23.9 Å². The third-order valence-electron chi connectivity index (χ3n) is 2.74. The molecule has 0 spiro atoms. The number of nitrogens with one attached hydrogen (secondary N) is 1. The number of aliphatic imine (C=N–C) groups is 1. The molecule has 1 heterocycles. The zero-order valence-electron chi connectivity index (χ0n) is 12.0. The fourth-order valence-corrected chi connectivity index (χ4v) is 1.90. The number of rotatable bonds is 4. The van der Waals surface area contributed by atoms with E-state index in [0.717, 1.165) is 22.3 Å². The molecule has 6 heteroatoms. The molecule has 0 fully saturated rings. The summed E-state index contributed by atoms with van der Waals surface area (Å²) in [5, 5.41) is 3.88. The van der Waals surface area contributed by atoms with Crippen LogP contribution in [0.2, 0.25) is 0 Å². The van der Waals surface area contributed by atoms with E-state index in [2.05, 4.69) is 20.3 Å². The van der Waals surface area contributed by atoms with Gasteiger partial charge in [-0.25, -0.2) is 9.97 Å². The van der Waals surface area contributed by atoms with Gasteiger partial charge >= 0.3 is 0 Å². The molecular formula is C14H19N5O. The summed E-state index contributed by atoms with van der Waals surface area (Å²) >= 11 is 0. The van der Waals surface area contributed by atoms with Gasteiger partial charge < -0.3 is 10.5 Å². The largest absolute Gasteiger partial charge is 0.494 e. The molecule has 0 unspecified atom stereocenters. The van der Waals surface area contributed by atoms with E-state index in [9.17, 15) is 0 Å². The van der Waals surface area contributed by atoms with Crippen LogP contribution in [0.25, 0.3) is 10.9 Å². The number of aromatic nitrogens is 2. The summed E-state index contributed by atoms with van der Waals surface area (Å²) in [6.07, 6.45) is 0. The summed E-state index contributed by atoms with van der Waals surface area (Å²) in [7, 11) is 0. The molecule has 0 atom stereocenters. The molecule has 3 N–H and O–H groups in total. The van der Waals surface area contributed by atoms with Gasteiger partial charge in [-0.1, -0.05) is 0 Å². The summed E-state index contributed by atoms with van der Waals surface area (Å²) in [4.78, 5) is 12.9. The minimum absolute atomic E-state index is 0.312. The molecule has 0 aliphatic carbocycles. The summed E-state index contributed by atoms with van der Waals surface area (Å²) < 4.78 is 5.48. The molecule has 0 bridgehead atoms. The topological polar surface area (TPSA) is 85.4 Å². The highest BCUT2D eigenvalue weighted by atomic mass is 16.5. The lowest BCUT2D eigenvalue weighted by molar-refractivity contribution is 0.340. The van der Waals surface area contributed by atoms with Crippen molar-refractivity contribution in [1.29, 1.82) is 0 Å². The number of guanidine groups is 1. The Bertz CT molecular complexity index is 639. The van der Waals surface area contributed by atoms with Crippen LogP contribution in [0.4, 0.5) is 5.95 Å². The summed E-state index contributed by atoms with van der Waals surface area (Å²) in [5.74, 6) is 1.55. The summed E-state index contributed by atoms with van der Waals surface area (Å²) in [6, 6.07) is 5.77. The van der Waals surface area contributed by atoms with Crippen molar-refractivity contribution in [1.82, 2.24) is 9.97 Å². The third kappa shape index (κ3) is 3.14. The smallest absolute Gasteiger partial charge is 0.230 e. The number of benzene rings is 1. The van der Waals surface area contributed by atoms with Crippen molar-refractivity contribution in [3.63, 3.8) is 0 Å². The number of nitrogens with zero attached hydrogens (tertiary/aromatic N) is 3. The number of anilines is 1. The minimum Gasteiger partial charge on any atom is -0.494 e. The van der Waals surface area contributed by atoms with Crippen LogP contribution in [0.5, 0.6) is 5.75 Å². The second kappa shape index (κ2) is 6.18. The molecule has 2 rings (SSSR count). The third-order valence-corrected chi connectivity index (χ3v) is 2.74. The SMILES string of the molecule is CCN=C(N)Nc1nc(C)c2ccc(OCC)cc2n1. The first kappa shape index (κ1) is 14.0. The van der Waals surface area contributed by atoms with E-state index in [4.69, 9.17) is 10.5 Å². The fourth-order valence-electron chi connectivity index (χ4n) is 1.90. The van der Waals surface area contributed by atoms with Gasteiger partial charge in [-0.15, -0.1) is 0 Å². The van der Waals surface area contributed by atoms with Crippen LogP contribution in [-0.4, -0.2) is 29.1 Å². The molecular weight excluding hydrogens is 254 g/mol. The van der Waals surface area contributed by atoms with Crippen LogP contribution >= 0.6 is 0 Å². The average molecular weight is 273 g/mol. The van der Waals surface area contributed by atoms with Gasteiger partial charge in [0.25, 0.3) is 0 Å². The van der Waals surface area contributed by atoms with Gasteiger partial charge in [0.15, 0.2) is 5.96 Å². The molecule has 1 aromatic heterocycles. The number of fused-ring (bicyclic) bond motifs is 1. The van der Waals surface area contributed by atoms with E-state index in [-0.39, 0.29) is 0 Å². The molecule has 6 nitrogen and oxygen atoms in total. The molecule has 0 saturated carbocycles. The van der Waals surface area contributed by atoms with Crippen molar-refractivity contribution < 1.29 is 4.74 Å². The van der Waals surface area contributed by atoms with E-state index in [1.165, 1.54) is 0 Å². The number of aryl methyl sites for hydroxylation is 1. The highest BCUT2D eigenvalue weighted by Gasteiger charge is 2.06. The maximum Gasteiger partial charge on any atom is 0.230 e. The first-order chi connectivity index (χ1) is 9.63. The Labute approximate surface area is 118 Å². The van der Waals surface area contributed by atoms with Crippen molar-refractivity contribution in [2.45, 2.75) is 20.8 Å². The van der Waals surface area contributed by atoms with Gasteiger partial charge in [0.05, 0.1) is 17.8 Å². The normalized spacial score (nSPS) is 11.7. The van der Waals surface area contributed by atoms with Crippen LogP contribution in [0.1, 0.15) is 19.5 Å². The zero-order valence-corrected chi connectivity index (χ0v) is 12.0. The van der Waals surface area contributed by atoms with Gasteiger partial charge in [-0.2, -0.15) is 0 Å². The molecule has 1 aromatic carbocycles. The van der Waals surface area contributed by atoms with Crippen molar-refractivity contribution in [3.8, 4) is 5.75 Å². The maximum absolute atomic E-state index is 5.72. The zero-order chi connectivity index (χ0) is 14.5. The van der Waals surface area contributed by atoms with E-state index >= 15 is 0 Å². The first-order valence-corrected chi connectivity index (χ1v) is 6.62. The molecule has 0 aliphatic heterocycles. The Kier molecular flexibility index (Phi) is 4.34. The maximum atomic E-state index is 5.72. The number of hydrogen-bond acceptors (Lipinski definition) is 4. The Morgan fingerprint density at radius 3 is 2.85 bits per heavy atom. The van der Waals surface area contributed by atoms with Crippen molar-refractivity contribution in [2.24, 2.45) is 10.7 Å². The lowest BCUT2D eigenvalue weighted by Crippen LogP contribution is -2.24. The standard InChI is InChI=1S/C14H19N5O/c1-4-16-13(15)19-14-17-9(3)11-7-6-10(20-5-2)8-12(11)18-14/h6-8H,4-5H2,1-3H3,(H3,15,16,17,18,19). The van der Waals surface area contributed by atoms with Crippen LogP contribution < -0.4 is 15.8 Å². The van der Waals surface area contributed by atoms with Crippen molar-refractivity contribution >= 4 is 22.8 Å².